The van der Waals surface area contributed by atoms with E-state index >= 15 is 0 Å². The van der Waals surface area contributed by atoms with Gasteiger partial charge in [-0.05, 0) is 31.0 Å². The second-order valence-corrected chi connectivity index (χ2v) is 10.1. The molecule has 1 saturated heterocycles. The summed E-state index contributed by atoms with van der Waals surface area (Å²) in [5.41, 5.74) is 0.612. The minimum absolute atomic E-state index is 0.000988. The molecule has 1 aromatic carbocycles. The van der Waals surface area contributed by atoms with Crippen molar-refractivity contribution in [3.8, 4) is 0 Å². The first-order valence-corrected chi connectivity index (χ1v) is 12.3. The lowest BCUT2D eigenvalue weighted by molar-refractivity contribution is -0.119. The van der Waals surface area contributed by atoms with E-state index in [9.17, 15) is 9.59 Å². The average Bonchev–Trinajstić information content (AvgIpc) is 3.44. The number of anilines is 1. The Bertz CT molecular complexity index is 895. The Labute approximate surface area is 189 Å². The number of piperazine rings is 1. The van der Waals surface area contributed by atoms with Gasteiger partial charge in [0, 0.05) is 42.8 Å². The highest BCUT2D eigenvalue weighted by molar-refractivity contribution is 8.01. The first kappa shape index (κ1) is 21.4. The molecule has 2 amide bonds. The van der Waals surface area contributed by atoms with Crippen molar-refractivity contribution in [3.05, 3.63) is 34.9 Å². The van der Waals surface area contributed by atoms with Crippen molar-refractivity contribution in [3.63, 3.8) is 0 Å². The maximum Gasteiger partial charge on any atom is 0.254 e. The molecule has 1 aliphatic carbocycles. The van der Waals surface area contributed by atoms with Gasteiger partial charge in [-0.2, -0.15) is 0 Å². The second-order valence-electron chi connectivity index (χ2n) is 7.48. The van der Waals surface area contributed by atoms with Gasteiger partial charge in [0.25, 0.3) is 5.91 Å². The van der Waals surface area contributed by atoms with Crippen molar-refractivity contribution in [2.45, 2.75) is 36.1 Å². The lowest BCUT2D eigenvalue weighted by Gasteiger charge is -2.34. The van der Waals surface area contributed by atoms with Gasteiger partial charge < -0.3 is 15.1 Å². The van der Waals surface area contributed by atoms with Crippen molar-refractivity contribution in [2.24, 2.45) is 0 Å². The quantitative estimate of drug-likeness (QED) is 0.659. The lowest BCUT2D eigenvalue weighted by Crippen LogP contribution is -2.48. The van der Waals surface area contributed by atoms with E-state index in [0.29, 0.717) is 48.6 Å². The molecule has 2 fully saturated rings. The number of hydrogen-bond acceptors (Lipinski definition) is 7. The standard InChI is InChI=1S/C20H24ClN5O2S2/c21-15-5-3-4-14(12-15)18(28)25-8-10-26(11-9-25)19-23-24-20(30-19)29-13-17(27)22-16-6-1-2-7-16/h3-5,12,16H,1-2,6-11,13H2,(H,22,27). The highest BCUT2D eigenvalue weighted by Gasteiger charge is 2.24. The van der Waals surface area contributed by atoms with Crippen molar-refractivity contribution < 1.29 is 9.59 Å². The molecule has 1 N–H and O–H groups in total. The minimum atomic E-state index is -0.000988. The number of nitrogens with one attached hydrogen (secondary N) is 1. The van der Waals surface area contributed by atoms with Gasteiger partial charge in [0.15, 0.2) is 4.34 Å². The summed E-state index contributed by atoms with van der Waals surface area (Å²) in [5, 5.41) is 13.0. The molecular weight excluding hydrogens is 442 g/mol. The van der Waals surface area contributed by atoms with Crippen LogP contribution in [0.4, 0.5) is 5.13 Å². The summed E-state index contributed by atoms with van der Waals surface area (Å²) in [4.78, 5) is 28.7. The predicted molar refractivity (Wildman–Crippen MR) is 121 cm³/mol. The van der Waals surface area contributed by atoms with Crippen molar-refractivity contribution in [1.29, 1.82) is 0 Å². The number of hydrogen-bond donors (Lipinski definition) is 1. The fraction of sp³-hybridized carbons (Fsp3) is 0.500. The number of halogens is 1. The van der Waals surface area contributed by atoms with Crippen LogP contribution in [-0.2, 0) is 4.79 Å². The SMILES string of the molecule is O=C(CSc1nnc(N2CCN(C(=O)c3cccc(Cl)c3)CC2)s1)NC1CCCC1. The molecule has 4 rings (SSSR count). The van der Waals surface area contributed by atoms with E-state index in [0.717, 1.165) is 22.3 Å². The van der Waals surface area contributed by atoms with Crippen LogP contribution in [0.2, 0.25) is 5.02 Å². The molecule has 160 valence electrons. The summed E-state index contributed by atoms with van der Waals surface area (Å²) in [7, 11) is 0. The third-order valence-electron chi connectivity index (χ3n) is 5.35. The number of rotatable bonds is 6. The highest BCUT2D eigenvalue weighted by atomic mass is 35.5. The average molecular weight is 466 g/mol. The zero-order valence-corrected chi connectivity index (χ0v) is 18.9. The lowest BCUT2D eigenvalue weighted by atomic mass is 10.2. The van der Waals surface area contributed by atoms with Crippen LogP contribution in [0, 0.1) is 0 Å². The summed E-state index contributed by atoms with van der Waals surface area (Å²) in [5.74, 6) is 0.434. The van der Waals surface area contributed by atoms with Gasteiger partial charge >= 0.3 is 0 Å². The zero-order chi connectivity index (χ0) is 20.9. The van der Waals surface area contributed by atoms with Crippen LogP contribution in [0.5, 0.6) is 0 Å². The Hall–Kier alpha value is -1.84. The Kier molecular flexibility index (Phi) is 7.12. The van der Waals surface area contributed by atoms with E-state index in [-0.39, 0.29) is 11.8 Å². The summed E-state index contributed by atoms with van der Waals surface area (Å²) in [6, 6.07) is 7.39. The Balaban J connectivity index is 1.24. The van der Waals surface area contributed by atoms with Crippen LogP contribution in [0.15, 0.2) is 28.6 Å². The molecule has 10 heteroatoms. The van der Waals surface area contributed by atoms with Crippen LogP contribution >= 0.6 is 34.7 Å². The van der Waals surface area contributed by atoms with E-state index in [1.165, 1.54) is 35.9 Å². The fourth-order valence-electron chi connectivity index (χ4n) is 3.76. The monoisotopic (exact) mass is 465 g/mol. The van der Waals surface area contributed by atoms with Crippen LogP contribution in [0.25, 0.3) is 0 Å². The van der Waals surface area contributed by atoms with Crippen LogP contribution in [0.3, 0.4) is 0 Å². The molecule has 1 aliphatic heterocycles. The molecule has 0 spiro atoms. The van der Waals surface area contributed by atoms with Crippen LogP contribution in [0.1, 0.15) is 36.0 Å². The number of carbonyl (C=O) groups is 2. The molecule has 0 atom stereocenters. The number of carbonyl (C=O) groups excluding carboxylic acids is 2. The zero-order valence-electron chi connectivity index (χ0n) is 16.6. The van der Waals surface area contributed by atoms with Crippen LogP contribution in [-0.4, -0.2) is 64.9 Å². The predicted octanol–water partition coefficient (Wildman–Crippen LogP) is 3.30. The minimum Gasteiger partial charge on any atom is -0.353 e. The van der Waals surface area contributed by atoms with Crippen molar-refractivity contribution >= 4 is 51.6 Å². The fourth-order valence-corrected chi connectivity index (χ4v) is 5.65. The molecule has 30 heavy (non-hydrogen) atoms. The number of amides is 2. The number of benzene rings is 1. The second kappa shape index (κ2) is 9.98. The molecular formula is C20H24ClN5O2S2. The number of aromatic nitrogens is 2. The molecule has 2 aromatic rings. The van der Waals surface area contributed by atoms with Gasteiger partial charge in [-0.15, -0.1) is 10.2 Å². The molecule has 2 aliphatic rings. The van der Waals surface area contributed by atoms with E-state index in [4.69, 9.17) is 11.6 Å². The molecule has 1 aromatic heterocycles. The molecule has 0 radical (unpaired) electrons. The first-order chi connectivity index (χ1) is 14.6. The largest absolute Gasteiger partial charge is 0.353 e. The van der Waals surface area contributed by atoms with E-state index in [1.807, 2.05) is 4.90 Å². The van der Waals surface area contributed by atoms with Gasteiger partial charge in [-0.25, -0.2) is 0 Å². The van der Waals surface area contributed by atoms with Gasteiger partial charge in [0.05, 0.1) is 5.75 Å². The summed E-state index contributed by atoms with van der Waals surface area (Å²) < 4.78 is 0.795. The Morgan fingerprint density at radius 1 is 1.17 bits per heavy atom. The maximum absolute atomic E-state index is 12.7. The summed E-state index contributed by atoms with van der Waals surface area (Å²) in [6.07, 6.45) is 4.59. The number of thioether (sulfide) groups is 1. The topological polar surface area (TPSA) is 78.4 Å². The van der Waals surface area contributed by atoms with Gasteiger partial charge in [-0.3, -0.25) is 9.59 Å². The Morgan fingerprint density at radius 2 is 1.93 bits per heavy atom. The first-order valence-electron chi connectivity index (χ1n) is 10.1. The maximum atomic E-state index is 12.7. The van der Waals surface area contributed by atoms with E-state index in [2.05, 4.69) is 20.4 Å². The van der Waals surface area contributed by atoms with Crippen molar-refractivity contribution in [1.82, 2.24) is 20.4 Å². The van der Waals surface area contributed by atoms with E-state index in [1.54, 1.807) is 24.3 Å². The third kappa shape index (κ3) is 5.44. The summed E-state index contributed by atoms with van der Waals surface area (Å²) in [6.45, 7) is 2.65. The normalized spacial score (nSPS) is 17.4. The summed E-state index contributed by atoms with van der Waals surface area (Å²) >= 11 is 8.93. The molecule has 2 heterocycles. The van der Waals surface area contributed by atoms with Gasteiger partial charge in [0.2, 0.25) is 11.0 Å². The molecule has 7 nitrogen and oxygen atoms in total. The highest BCUT2D eigenvalue weighted by Crippen LogP contribution is 2.29. The molecule has 0 unspecified atom stereocenters. The van der Waals surface area contributed by atoms with Crippen molar-refractivity contribution in [2.75, 3.05) is 36.8 Å². The van der Waals surface area contributed by atoms with Gasteiger partial charge in [-0.1, -0.05) is 53.6 Å². The molecule has 0 bridgehead atoms. The Morgan fingerprint density at radius 3 is 2.67 bits per heavy atom. The molecule has 1 saturated carbocycles. The van der Waals surface area contributed by atoms with Crippen LogP contribution < -0.4 is 10.2 Å². The number of nitrogens with zero attached hydrogens (tertiary/aromatic N) is 4. The van der Waals surface area contributed by atoms with E-state index < -0.39 is 0 Å². The smallest absolute Gasteiger partial charge is 0.254 e. The van der Waals surface area contributed by atoms with Gasteiger partial charge in [0.1, 0.15) is 0 Å². The third-order valence-corrected chi connectivity index (χ3v) is 7.70.